The van der Waals surface area contributed by atoms with Crippen LogP contribution in [0.2, 0.25) is 0 Å². The number of hydrogen-bond donors (Lipinski definition) is 2. The maximum Gasteiger partial charge on any atom is 0.422 e. The first-order chi connectivity index (χ1) is 18.2. The molecule has 0 amide bonds. The summed E-state index contributed by atoms with van der Waals surface area (Å²) in [4.78, 5) is 11.8. The predicted octanol–water partition coefficient (Wildman–Crippen LogP) is 6.09. The van der Waals surface area contributed by atoms with Crippen LogP contribution in [0.1, 0.15) is 47.4 Å². The number of aliphatic carboxylic acids is 1. The van der Waals surface area contributed by atoms with E-state index in [9.17, 15) is 23.1 Å². The third-order valence-corrected chi connectivity index (χ3v) is 7.92. The van der Waals surface area contributed by atoms with E-state index in [0.717, 1.165) is 23.1 Å². The Hall–Kier alpha value is -3.92. The molecule has 10 heteroatoms. The minimum absolute atomic E-state index is 0.0379. The molecule has 2 heterocycles. The Morgan fingerprint density at radius 1 is 1.05 bits per heavy atom. The average molecular weight is 524 g/mol. The molecule has 0 saturated heterocycles. The smallest absolute Gasteiger partial charge is 0.422 e. The molecule has 2 aliphatic carbocycles. The van der Waals surface area contributed by atoms with Crippen molar-refractivity contribution in [3.05, 3.63) is 70.8 Å². The van der Waals surface area contributed by atoms with Gasteiger partial charge in [0.15, 0.2) is 17.2 Å². The number of likely N-dealkylation sites (N-methyl/N-ethyl adjacent to an activating group) is 1. The highest BCUT2D eigenvalue weighted by atomic mass is 19.4. The van der Waals surface area contributed by atoms with E-state index in [1.807, 2.05) is 12.1 Å². The Labute approximate surface area is 215 Å². The van der Waals surface area contributed by atoms with Crippen molar-refractivity contribution >= 4 is 5.97 Å². The van der Waals surface area contributed by atoms with E-state index in [4.69, 9.17) is 9.05 Å². The van der Waals surface area contributed by atoms with Gasteiger partial charge in [-0.15, -0.1) is 0 Å². The zero-order valence-corrected chi connectivity index (χ0v) is 20.4. The topological polar surface area (TPSA) is 101 Å². The van der Waals surface area contributed by atoms with Crippen molar-refractivity contribution in [2.45, 2.75) is 49.7 Å². The molecule has 2 aromatic carbocycles. The number of carboxylic acids is 1. The monoisotopic (exact) mass is 523 g/mol. The standard InChI is InChI=1S/C28H24F3N3O4/c1-32-27(26(35)36)12-11-18(14-27)16-7-9-19-17(13-16)8-10-20-22(19)33-38-25(20)23-21(28(29,30)31)24(37-34-23)15-5-3-2-4-6-15/h2-7,9,13,18,32H,8,10-12,14H2,1H3,(H,35,36). The van der Waals surface area contributed by atoms with Crippen LogP contribution in [0.3, 0.4) is 0 Å². The lowest BCUT2D eigenvalue weighted by Crippen LogP contribution is -2.48. The van der Waals surface area contributed by atoms with E-state index in [1.54, 1.807) is 25.2 Å². The lowest BCUT2D eigenvalue weighted by atomic mass is 9.84. The predicted molar refractivity (Wildman–Crippen MR) is 131 cm³/mol. The maximum absolute atomic E-state index is 14.2. The quantitative estimate of drug-likeness (QED) is 0.326. The van der Waals surface area contributed by atoms with Gasteiger partial charge in [0.2, 0.25) is 0 Å². The van der Waals surface area contributed by atoms with E-state index in [1.165, 1.54) is 12.1 Å². The summed E-state index contributed by atoms with van der Waals surface area (Å²) < 4.78 is 53.3. The van der Waals surface area contributed by atoms with Crippen molar-refractivity contribution < 1.29 is 32.1 Å². The molecule has 1 saturated carbocycles. The number of carbonyl (C=O) groups is 1. The molecular formula is C28H24F3N3O4. The van der Waals surface area contributed by atoms with Gasteiger partial charge in [-0.2, -0.15) is 13.2 Å². The highest BCUT2D eigenvalue weighted by Gasteiger charge is 2.45. The molecule has 2 aromatic heterocycles. The van der Waals surface area contributed by atoms with Crippen molar-refractivity contribution in [1.82, 2.24) is 15.6 Å². The van der Waals surface area contributed by atoms with Gasteiger partial charge in [-0.3, -0.25) is 4.79 Å². The Kier molecular flexibility index (Phi) is 5.68. The molecule has 0 bridgehead atoms. The second kappa shape index (κ2) is 8.83. The van der Waals surface area contributed by atoms with Gasteiger partial charge in [0.25, 0.3) is 0 Å². The van der Waals surface area contributed by atoms with Crippen LogP contribution in [0, 0.1) is 0 Å². The number of nitrogens with one attached hydrogen (secondary N) is 1. The number of fused-ring (bicyclic) bond motifs is 3. The highest BCUT2D eigenvalue weighted by molar-refractivity contribution is 5.80. The average Bonchev–Trinajstić information content (AvgIpc) is 3.65. The van der Waals surface area contributed by atoms with Crippen LogP contribution in [0.15, 0.2) is 57.6 Å². The van der Waals surface area contributed by atoms with E-state index < -0.39 is 28.9 Å². The Bertz CT molecular complexity index is 1530. The Balaban J connectivity index is 1.36. The molecule has 38 heavy (non-hydrogen) atoms. The first kappa shape index (κ1) is 24.4. The molecule has 7 nitrogen and oxygen atoms in total. The van der Waals surface area contributed by atoms with Crippen LogP contribution in [-0.2, 0) is 23.8 Å². The van der Waals surface area contributed by atoms with Crippen LogP contribution in [0.25, 0.3) is 34.0 Å². The molecule has 0 spiro atoms. The van der Waals surface area contributed by atoms with Gasteiger partial charge in [-0.05, 0) is 56.2 Å². The van der Waals surface area contributed by atoms with Crippen molar-refractivity contribution in [3.8, 4) is 34.0 Å². The molecular weight excluding hydrogens is 499 g/mol. The van der Waals surface area contributed by atoms with Crippen LogP contribution in [-0.4, -0.2) is 34.0 Å². The zero-order valence-electron chi connectivity index (χ0n) is 20.4. The summed E-state index contributed by atoms with van der Waals surface area (Å²) in [6, 6.07) is 13.9. The van der Waals surface area contributed by atoms with E-state index in [-0.39, 0.29) is 23.0 Å². The van der Waals surface area contributed by atoms with Gasteiger partial charge in [-0.1, -0.05) is 58.8 Å². The zero-order chi connectivity index (χ0) is 26.7. The summed E-state index contributed by atoms with van der Waals surface area (Å²) in [7, 11) is 1.68. The SMILES string of the molecule is CNC1(C(=O)O)CCC(c2ccc3c(c2)CCc2c-3noc2-c2noc(-c3ccccc3)c2C(F)(F)F)C1. The number of aryl methyl sites for hydroxylation is 1. The number of rotatable bonds is 5. The third-order valence-electron chi connectivity index (χ3n) is 7.92. The van der Waals surface area contributed by atoms with E-state index in [0.29, 0.717) is 36.9 Å². The van der Waals surface area contributed by atoms with Crippen LogP contribution in [0.4, 0.5) is 13.2 Å². The molecule has 6 rings (SSSR count). The molecule has 2 N–H and O–H groups in total. The minimum atomic E-state index is -4.72. The highest BCUT2D eigenvalue weighted by Crippen LogP contribution is 2.47. The normalized spacial score (nSPS) is 20.8. The Morgan fingerprint density at radius 3 is 2.47 bits per heavy atom. The molecule has 2 aliphatic rings. The third kappa shape index (κ3) is 3.82. The molecule has 196 valence electrons. The molecule has 2 atom stereocenters. The summed E-state index contributed by atoms with van der Waals surface area (Å²) in [6.07, 6.45) is -1.93. The number of carboxylic acid groups (broad SMARTS) is 1. The first-order valence-corrected chi connectivity index (χ1v) is 12.4. The number of hydrogen-bond acceptors (Lipinski definition) is 6. The fourth-order valence-corrected chi connectivity index (χ4v) is 5.86. The number of halogens is 3. The van der Waals surface area contributed by atoms with Crippen molar-refractivity contribution in [2.24, 2.45) is 0 Å². The lowest BCUT2D eigenvalue weighted by molar-refractivity contribution is -0.144. The van der Waals surface area contributed by atoms with Gasteiger partial charge in [0.1, 0.15) is 16.8 Å². The van der Waals surface area contributed by atoms with Gasteiger partial charge in [0, 0.05) is 16.7 Å². The summed E-state index contributed by atoms with van der Waals surface area (Å²) in [6.45, 7) is 0. The second-order valence-corrected chi connectivity index (χ2v) is 9.93. The lowest BCUT2D eigenvalue weighted by Gasteiger charge is -2.24. The fourth-order valence-electron chi connectivity index (χ4n) is 5.86. The van der Waals surface area contributed by atoms with Crippen LogP contribution >= 0.6 is 0 Å². The molecule has 4 aromatic rings. The maximum atomic E-state index is 14.2. The summed E-state index contributed by atoms with van der Waals surface area (Å²) in [5.41, 5.74) is 1.84. The molecule has 0 radical (unpaired) electrons. The van der Waals surface area contributed by atoms with Gasteiger partial charge < -0.3 is 19.5 Å². The summed E-state index contributed by atoms with van der Waals surface area (Å²) in [5.74, 6) is -1.15. The number of aromatic nitrogens is 2. The fraction of sp³-hybridized carbons (Fsp3) is 0.321. The van der Waals surface area contributed by atoms with E-state index in [2.05, 4.69) is 21.7 Å². The van der Waals surface area contributed by atoms with Crippen molar-refractivity contribution in [2.75, 3.05) is 7.05 Å². The molecule has 1 fully saturated rings. The van der Waals surface area contributed by atoms with Crippen LogP contribution in [0.5, 0.6) is 0 Å². The largest absolute Gasteiger partial charge is 0.480 e. The van der Waals surface area contributed by atoms with Crippen molar-refractivity contribution in [3.63, 3.8) is 0 Å². The minimum Gasteiger partial charge on any atom is -0.480 e. The van der Waals surface area contributed by atoms with Crippen molar-refractivity contribution in [1.29, 1.82) is 0 Å². The second-order valence-electron chi connectivity index (χ2n) is 9.93. The van der Waals surface area contributed by atoms with Gasteiger partial charge >= 0.3 is 12.1 Å². The molecule has 0 aliphatic heterocycles. The first-order valence-electron chi connectivity index (χ1n) is 12.4. The van der Waals surface area contributed by atoms with Crippen LogP contribution < -0.4 is 5.32 Å². The van der Waals surface area contributed by atoms with Gasteiger partial charge in [-0.25, -0.2) is 0 Å². The number of alkyl halides is 3. The summed E-state index contributed by atoms with van der Waals surface area (Å²) >= 11 is 0. The van der Waals surface area contributed by atoms with Gasteiger partial charge in [0.05, 0.1) is 0 Å². The Morgan fingerprint density at radius 2 is 1.79 bits per heavy atom. The summed E-state index contributed by atoms with van der Waals surface area (Å²) in [5, 5.41) is 20.6. The number of benzene rings is 2. The van der Waals surface area contributed by atoms with E-state index >= 15 is 0 Å². The molecule has 2 unspecified atom stereocenters. The number of nitrogens with zero attached hydrogens (tertiary/aromatic N) is 2.